The van der Waals surface area contributed by atoms with E-state index in [0.29, 0.717) is 18.6 Å². The maximum atomic E-state index is 11.4. The Labute approximate surface area is 175 Å². The van der Waals surface area contributed by atoms with E-state index in [-0.39, 0.29) is 11.6 Å². The molecule has 1 rings (SSSR count). The van der Waals surface area contributed by atoms with Gasteiger partial charge in [0.2, 0.25) is 0 Å². The fraction of sp³-hybridized carbons (Fsp3) is 0.958. The first-order valence-corrected chi connectivity index (χ1v) is 11.9. The van der Waals surface area contributed by atoms with Crippen LogP contribution in [0.1, 0.15) is 125 Å². The number of carbonyl (C=O) groups is 1. The van der Waals surface area contributed by atoms with Crippen LogP contribution in [0.2, 0.25) is 0 Å². The Morgan fingerprint density at radius 1 is 0.857 bits per heavy atom. The minimum atomic E-state index is -0.335. The minimum absolute atomic E-state index is 0.0546. The topological polar surface area (TPSA) is 61.5 Å². The number of hydrogen-bond acceptors (Lipinski definition) is 4. The number of unbranched alkanes of at least 4 members (excludes halogenated alkanes) is 7. The van der Waals surface area contributed by atoms with Gasteiger partial charge in [0.15, 0.2) is 0 Å². The summed E-state index contributed by atoms with van der Waals surface area (Å²) in [5.41, 5.74) is 5.46. The molecule has 28 heavy (non-hydrogen) atoms. The molecule has 0 heterocycles. The molecule has 0 aromatic carbocycles. The Bertz CT molecular complexity index is 357. The molecule has 0 spiro atoms. The molecule has 1 fully saturated rings. The zero-order valence-electron chi connectivity index (χ0n) is 19.6. The highest BCUT2D eigenvalue weighted by atomic mass is 16.6. The van der Waals surface area contributed by atoms with Gasteiger partial charge in [0.1, 0.15) is 5.60 Å². The van der Waals surface area contributed by atoms with E-state index < -0.39 is 0 Å². The van der Waals surface area contributed by atoms with Crippen LogP contribution in [-0.2, 0) is 14.3 Å². The van der Waals surface area contributed by atoms with Crippen LogP contribution in [0.25, 0.3) is 0 Å². The first kappa shape index (κ1) is 27.4. The van der Waals surface area contributed by atoms with Gasteiger partial charge >= 0.3 is 5.97 Å². The molecule has 0 aromatic heterocycles. The summed E-state index contributed by atoms with van der Waals surface area (Å²) in [5, 5.41) is 0. The second-order valence-electron chi connectivity index (χ2n) is 9.22. The maximum absolute atomic E-state index is 11.4. The number of ether oxygens (including phenoxy) is 2. The Balaban J connectivity index is 0.000000540. The summed E-state index contributed by atoms with van der Waals surface area (Å²) in [6.45, 7) is 11.1. The van der Waals surface area contributed by atoms with E-state index in [1.807, 2.05) is 20.8 Å². The molecule has 1 aliphatic carbocycles. The van der Waals surface area contributed by atoms with Crippen molar-refractivity contribution in [3.63, 3.8) is 0 Å². The van der Waals surface area contributed by atoms with Crippen molar-refractivity contribution in [2.45, 2.75) is 142 Å². The van der Waals surface area contributed by atoms with Crippen LogP contribution in [0.5, 0.6) is 0 Å². The molecule has 1 aliphatic rings. The zero-order chi connectivity index (χ0) is 21.3. The molecular weight excluding hydrogens is 350 g/mol. The van der Waals surface area contributed by atoms with Crippen LogP contribution < -0.4 is 5.73 Å². The SMILES string of the molecule is CCCCCCCCCC(=O)OC(C)(C)C.CCCCOC1CCC(N)CC1. The lowest BCUT2D eigenvalue weighted by atomic mass is 9.94. The smallest absolute Gasteiger partial charge is 0.306 e. The molecule has 0 amide bonds. The third-order valence-electron chi connectivity index (χ3n) is 4.97. The number of carbonyl (C=O) groups excluding carboxylic acids is 1. The second-order valence-corrected chi connectivity index (χ2v) is 9.22. The largest absolute Gasteiger partial charge is 0.460 e. The fourth-order valence-corrected chi connectivity index (χ4v) is 3.27. The molecule has 0 bridgehead atoms. The van der Waals surface area contributed by atoms with Crippen molar-refractivity contribution in [3.8, 4) is 0 Å². The van der Waals surface area contributed by atoms with Gasteiger partial charge in [-0.2, -0.15) is 0 Å². The number of rotatable bonds is 12. The van der Waals surface area contributed by atoms with E-state index in [1.165, 1.54) is 57.8 Å². The molecular formula is C24H49NO3. The van der Waals surface area contributed by atoms with Crippen LogP contribution >= 0.6 is 0 Å². The first-order chi connectivity index (χ1) is 13.3. The van der Waals surface area contributed by atoms with Crippen LogP contribution in [-0.4, -0.2) is 30.3 Å². The first-order valence-electron chi connectivity index (χ1n) is 11.9. The molecule has 2 N–H and O–H groups in total. The van der Waals surface area contributed by atoms with Gasteiger partial charge in [0, 0.05) is 19.1 Å². The summed E-state index contributed by atoms with van der Waals surface area (Å²) in [7, 11) is 0. The zero-order valence-corrected chi connectivity index (χ0v) is 19.6. The van der Waals surface area contributed by atoms with Crippen LogP contribution in [0.4, 0.5) is 0 Å². The monoisotopic (exact) mass is 399 g/mol. The van der Waals surface area contributed by atoms with E-state index in [1.54, 1.807) is 0 Å². The fourth-order valence-electron chi connectivity index (χ4n) is 3.27. The third-order valence-corrected chi connectivity index (χ3v) is 4.97. The second kappa shape index (κ2) is 17.3. The molecule has 168 valence electrons. The van der Waals surface area contributed by atoms with Crippen molar-refractivity contribution >= 4 is 5.97 Å². The lowest BCUT2D eigenvalue weighted by Crippen LogP contribution is -2.30. The predicted molar refractivity (Wildman–Crippen MR) is 120 cm³/mol. The maximum Gasteiger partial charge on any atom is 0.306 e. The predicted octanol–water partition coefficient (Wildman–Crippen LogP) is 6.54. The van der Waals surface area contributed by atoms with Gasteiger partial charge in [-0.15, -0.1) is 0 Å². The number of hydrogen-bond donors (Lipinski definition) is 1. The average Bonchev–Trinajstić information content (AvgIpc) is 2.62. The van der Waals surface area contributed by atoms with Gasteiger partial charge < -0.3 is 15.2 Å². The summed E-state index contributed by atoms with van der Waals surface area (Å²) in [4.78, 5) is 11.4. The molecule has 0 saturated heterocycles. The Morgan fingerprint density at radius 3 is 1.93 bits per heavy atom. The molecule has 0 radical (unpaired) electrons. The Hall–Kier alpha value is -0.610. The highest BCUT2D eigenvalue weighted by molar-refractivity contribution is 5.69. The van der Waals surface area contributed by atoms with Crippen molar-refractivity contribution in [3.05, 3.63) is 0 Å². The molecule has 4 nitrogen and oxygen atoms in total. The quantitative estimate of drug-likeness (QED) is 0.299. The van der Waals surface area contributed by atoms with Gasteiger partial charge in [0.05, 0.1) is 6.10 Å². The van der Waals surface area contributed by atoms with Crippen molar-refractivity contribution in [2.75, 3.05) is 6.61 Å². The molecule has 0 aliphatic heterocycles. The van der Waals surface area contributed by atoms with E-state index >= 15 is 0 Å². The summed E-state index contributed by atoms with van der Waals surface area (Å²) < 4.78 is 11.0. The van der Waals surface area contributed by atoms with Gasteiger partial charge in [-0.1, -0.05) is 58.8 Å². The molecule has 0 aromatic rings. The molecule has 4 heteroatoms. The third kappa shape index (κ3) is 18.7. The van der Waals surface area contributed by atoms with Crippen molar-refractivity contribution in [1.29, 1.82) is 0 Å². The highest BCUT2D eigenvalue weighted by Crippen LogP contribution is 2.19. The van der Waals surface area contributed by atoms with E-state index in [0.717, 1.165) is 32.3 Å². The minimum Gasteiger partial charge on any atom is -0.460 e. The molecule has 0 atom stereocenters. The molecule has 0 unspecified atom stereocenters. The Morgan fingerprint density at radius 2 is 1.39 bits per heavy atom. The van der Waals surface area contributed by atoms with Crippen molar-refractivity contribution in [1.82, 2.24) is 0 Å². The van der Waals surface area contributed by atoms with E-state index in [2.05, 4.69) is 13.8 Å². The van der Waals surface area contributed by atoms with Crippen molar-refractivity contribution in [2.24, 2.45) is 5.73 Å². The van der Waals surface area contributed by atoms with E-state index in [4.69, 9.17) is 15.2 Å². The summed E-state index contributed by atoms with van der Waals surface area (Å²) in [6.07, 6.45) is 16.8. The summed E-state index contributed by atoms with van der Waals surface area (Å²) in [6, 6.07) is 0.441. The van der Waals surface area contributed by atoms with Crippen LogP contribution in [0, 0.1) is 0 Å². The standard InChI is InChI=1S/C14H28O2.C10H21NO/c1-5-6-7-8-9-10-11-12-13(15)16-14(2,3)4;1-2-3-8-12-10-6-4-9(11)5-7-10/h5-12H2,1-4H3;9-10H,2-8,11H2,1H3. The van der Waals surface area contributed by atoms with Crippen LogP contribution in [0.15, 0.2) is 0 Å². The highest BCUT2D eigenvalue weighted by Gasteiger charge is 2.18. The van der Waals surface area contributed by atoms with Gasteiger partial charge in [0.25, 0.3) is 0 Å². The van der Waals surface area contributed by atoms with Gasteiger partial charge in [-0.3, -0.25) is 4.79 Å². The number of nitrogens with two attached hydrogens (primary N) is 1. The van der Waals surface area contributed by atoms with E-state index in [9.17, 15) is 4.79 Å². The van der Waals surface area contributed by atoms with Crippen LogP contribution in [0.3, 0.4) is 0 Å². The lowest BCUT2D eigenvalue weighted by molar-refractivity contribution is -0.154. The average molecular weight is 400 g/mol. The normalized spacial score (nSPS) is 19.6. The summed E-state index contributed by atoms with van der Waals surface area (Å²) in [5.74, 6) is -0.0546. The summed E-state index contributed by atoms with van der Waals surface area (Å²) >= 11 is 0. The number of esters is 1. The Kier molecular flexibility index (Phi) is 16.9. The van der Waals surface area contributed by atoms with Gasteiger partial charge in [-0.05, 0) is 59.3 Å². The molecule has 1 saturated carbocycles. The van der Waals surface area contributed by atoms with Crippen molar-refractivity contribution < 1.29 is 14.3 Å². The van der Waals surface area contributed by atoms with Gasteiger partial charge in [-0.25, -0.2) is 0 Å². The lowest BCUT2D eigenvalue weighted by Gasteiger charge is -2.26.